The molecular weight excluding hydrogens is 220 g/mol. The number of hydrogen-bond donors (Lipinski definition) is 1. The average Bonchev–Trinajstić information content (AvgIpc) is 2.61. The Bertz CT molecular complexity index is 356. The molecule has 100 valence electrons. The predicted octanol–water partition coefficient (Wildman–Crippen LogP) is 4.93. The van der Waals surface area contributed by atoms with Crippen LogP contribution in [0.1, 0.15) is 57.9 Å². The third kappa shape index (κ3) is 3.51. The second-order valence-electron chi connectivity index (χ2n) is 6.52. The summed E-state index contributed by atoms with van der Waals surface area (Å²) in [6.45, 7) is 4.83. The molecule has 1 aliphatic rings. The Hall–Kier alpha value is -0.980. The molecular formula is C17H26O. The molecule has 1 aromatic rings. The van der Waals surface area contributed by atoms with E-state index in [1.54, 1.807) is 12.1 Å². The molecule has 0 unspecified atom stereocenters. The summed E-state index contributed by atoms with van der Waals surface area (Å²) in [5.41, 5.74) is 1.73. The van der Waals surface area contributed by atoms with Gasteiger partial charge in [0.2, 0.25) is 0 Å². The number of benzene rings is 1. The number of aromatic hydroxyl groups is 1. The van der Waals surface area contributed by atoms with Crippen LogP contribution >= 0.6 is 0 Å². The molecule has 1 N–H and O–H groups in total. The average molecular weight is 246 g/mol. The summed E-state index contributed by atoms with van der Waals surface area (Å²) in [7, 11) is 0. The molecule has 0 radical (unpaired) electrons. The van der Waals surface area contributed by atoms with Crippen LogP contribution in [0, 0.1) is 11.3 Å². The molecule has 0 heterocycles. The fraction of sp³-hybridized carbons (Fsp3) is 0.647. The zero-order chi connectivity index (χ0) is 13.0. The predicted molar refractivity (Wildman–Crippen MR) is 76.8 cm³/mol. The summed E-state index contributed by atoms with van der Waals surface area (Å²) >= 11 is 0. The SMILES string of the molecule is CC(C)(Cc1ccc(O)cc1)C1CCCCCC1. The fourth-order valence-electron chi connectivity index (χ4n) is 3.35. The Kier molecular flexibility index (Phi) is 4.31. The highest BCUT2D eigenvalue weighted by molar-refractivity contribution is 5.26. The maximum atomic E-state index is 9.34. The summed E-state index contributed by atoms with van der Waals surface area (Å²) in [5.74, 6) is 1.22. The Morgan fingerprint density at radius 2 is 1.56 bits per heavy atom. The molecule has 0 spiro atoms. The molecule has 1 saturated carbocycles. The largest absolute Gasteiger partial charge is 0.508 e. The fourth-order valence-corrected chi connectivity index (χ4v) is 3.35. The quantitative estimate of drug-likeness (QED) is 0.750. The molecule has 18 heavy (non-hydrogen) atoms. The van der Waals surface area contributed by atoms with Crippen molar-refractivity contribution >= 4 is 0 Å². The van der Waals surface area contributed by atoms with Gasteiger partial charge in [-0.15, -0.1) is 0 Å². The molecule has 0 bridgehead atoms. The zero-order valence-electron chi connectivity index (χ0n) is 11.8. The standard InChI is InChI=1S/C17H26O/c1-17(2,15-7-5-3-4-6-8-15)13-14-9-11-16(18)12-10-14/h9-12,15,18H,3-8,13H2,1-2H3. The van der Waals surface area contributed by atoms with Gasteiger partial charge in [0.25, 0.3) is 0 Å². The van der Waals surface area contributed by atoms with Crippen LogP contribution in [-0.4, -0.2) is 5.11 Å². The van der Waals surface area contributed by atoms with Crippen molar-refractivity contribution in [3.63, 3.8) is 0 Å². The maximum absolute atomic E-state index is 9.34. The van der Waals surface area contributed by atoms with E-state index < -0.39 is 0 Å². The highest BCUT2D eigenvalue weighted by Gasteiger charge is 2.29. The van der Waals surface area contributed by atoms with Crippen LogP contribution < -0.4 is 0 Å². The highest BCUT2D eigenvalue weighted by Crippen LogP contribution is 2.39. The van der Waals surface area contributed by atoms with Gasteiger partial charge >= 0.3 is 0 Å². The molecule has 1 heteroatoms. The monoisotopic (exact) mass is 246 g/mol. The third-order valence-corrected chi connectivity index (χ3v) is 4.56. The summed E-state index contributed by atoms with van der Waals surface area (Å²) in [5, 5.41) is 9.34. The van der Waals surface area contributed by atoms with E-state index in [-0.39, 0.29) is 0 Å². The van der Waals surface area contributed by atoms with Gasteiger partial charge < -0.3 is 5.11 Å². The summed E-state index contributed by atoms with van der Waals surface area (Å²) < 4.78 is 0. The van der Waals surface area contributed by atoms with Gasteiger partial charge in [0.15, 0.2) is 0 Å². The van der Waals surface area contributed by atoms with E-state index >= 15 is 0 Å². The van der Waals surface area contributed by atoms with Crippen LogP contribution in [0.5, 0.6) is 5.75 Å². The van der Waals surface area contributed by atoms with Gasteiger partial charge in [-0.25, -0.2) is 0 Å². The molecule has 0 aliphatic heterocycles. The van der Waals surface area contributed by atoms with E-state index in [1.807, 2.05) is 0 Å². The normalized spacial score (nSPS) is 18.6. The van der Waals surface area contributed by atoms with E-state index in [4.69, 9.17) is 0 Å². The topological polar surface area (TPSA) is 20.2 Å². The van der Waals surface area contributed by atoms with Crippen LogP contribution in [0.3, 0.4) is 0 Å². The Morgan fingerprint density at radius 1 is 1.00 bits per heavy atom. The minimum atomic E-state index is 0.367. The molecule has 2 rings (SSSR count). The number of rotatable bonds is 3. The lowest BCUT2D eigenvalue weighted by Crippen LogP contribution is -2.26. The van der Waals surface area contributed by atoms with E-state index in [0.717, 1.165) is 12.3 Å². The number of phenols is 1. The lowest BCUT2D eigenvalue weighted by molar-refractivity contribution is 0.188. The van der Waals surface area contributed by atoms with Crippen molar-refractivity contribution in [1.29, 1.82) is 0 Å². The first-order valence-electron chi connectivity index (χ1n) is 7.36. The maximum Gasteiger partial charge on any atom is 0.115 e. The van der Waals surface area contributed by atoms with Crippen LogP contribution in [0.2, 0.25) is 0 Å². The molecule has 0 saturated heterocycles. The molecule has 1 aromatic carbocycles. The van der Waals surface area contributed by atoms with E-state index in [9.17, 15) is 5.11 Å². The number of hydrogen-bond acceptors (Lipinski definition) is 1. The molecule has 0 aromatic heterocycles. The van der Waals surface area contributed by atoms with Gasteiger partial charge in [-0.1, -0.05) is 51.7 Å². The Balaban J connectivity index is 2.02. The molecule has 1 aliphatic carbocycles. The second kappa shape index (κ2) is 5.77. The van der Waals surface area contributed by atoms with Gasteiger partial charge in [0, 0.05) is 0 Å². The van der Waals surface area contributed by atoms with Crippen LogP contribution in [0.4, 0.5) is 0 Å². The van der Waals surface area contributed by atoms with Gasteiger partial charge in [-0.05, 0) is 48.3 Å². The first kappa shape index (κ1) is 13.5. The summed E-state index contributed by atoms with van der Waals surface area (Å²) in [6.07, 6.45) is 9.57. The first-order chi connectivity index (χ1) is 8.58. The minimum Gasteiger partial charge on any atom is -0.508 e. The van der Waals surface area contributed by atoms with Crippen molar-refractivity contribution in [3.8, 4) is 5.75 Å². The smallest absolute Gasteiger partial charge is 0.115 e. The summed E-state index contributed by atoms with van der Waals surface area (Å²) in [6, 6.07) is 7.73. The first-order valence-corrected chi connectivity index (χ1v) is 7.36. The van der Waals surface area contributed by atoms with Crippen molar-refractivity contribution in [2.45, 2.75) is 58.8 Å². The zero-order valence-corrected chi connectivity index (χ0v) is 11.8. The Morgan fingerprint density at radius 3 is 2.11 bits per heavy atom. The van der Waals surface area contributed by atoms with Gasteiger partial charge in [0.1, 0.15) is 5.75 Å². The van der Waals surface area contributed by atoms with E-state index in [0.29, 0.717) is 11.2 Å². The molecule has 1 nitrogen and oxygen atoms in total. The summed E-state index contributed by atoms with van der Waals surface area (Å²) in [4.78, 5) is 0. The van der Waals surface area contributed by atoms with Crippen molar-refractivity contribution in [3.05, 3.63) is 29.8 Å². The van der Waals surface area contributed by atoms with E-state index in [2.05, 4.69) is 26.0 Å². The van der Waals surface area contributed by atoms with Crippen molar-refractivity contribution in [1.82, 2.24) is 0 Å². The van der Waals surface area contributed by atoms with E-state index in [1.165, 1.54) is 44.1 Å². The number of phenolic OH excluding ortho intramolecular Hbond substituents is 1. The van der Waals surface area contributed by atoms with Gasteiger partial charge in [-0.2, -0.15) is 0 Å². The van der Waals surface area contributed by atoms with Crippen LogP contribution in [0.15, 0.2) is 24.3 Å². The molecule has 0 atom stereocenters. The van der Waals surface area contributed by atoms with Crippen LogP contribution in [0.25, 0.3) is 0 Å². The molecule has 0 amide bonds. The molecule has 1 fully saturated rings. The lowest BCUT2D eigenvalue weighted by Gasteiger charge is -2.34. The van der Waals surface area contributed by atoms with Gasteiger partial charge in [0.05, 0.1) is 0 Å². The van der Waals surface area contributed by atoms with Crippen molar-refractivity contribution < 1.29 is 5.11 Å². The lowest BCUT2D eigenvalue weighted by atomic mass is 9.71. The highest BCUT2D eigenvalue weighted by atomic mass is 16.3. The second-order valence-corrected chi connectivity index (χ2v) is 6.52. The van der Waals surface area contributed by atoms with Crippen molar-refractivity contribution in [2.24, 2.45) is 11.3 Å². The van der Waals surface area contributed by atoms with Crippen LogP contribution in [-0.2, 0) is 6.42 Å². The van der Waals surface area contributed by atoms with Crippen molar-refractivity contribution in [2.75, 3.05) is 0 Å². The Labute approximate surface area is 111 Å². The van der Waals surface area contributed by atoms with Gasteiger partial charge in [-0.3, -0.25) is 0 Å². The third-order valence-electron chi connectivity index (χ3n) is 4.56. The minimum absolute atomic E-state index is 0.367.